The molecule has 1 heterocycles. The highest BCUT2D eigenvalue weighted by molar-refractivity contribution is 14.1. The summed E-state index contributed by atoms with van der Waals surface area (Å²) in [6, 6.07) is 8.79. The number of carbonyl (C=O) groups excluding carboxylic acids is 1. The van der Waals surface area contributed by atoms with Crippen LogP contribution in [0.25, 0.3) is 0 Å². The molecule has 0 aliphatic heterocycles. The quantitative estimate of drug-likeness (QED) is 0.616. The minimum Gasteiger partial charge on any atom is -0.289 e. The Morgan fingerprint density at radius 2 is 2.06 bits per heavy atom. The number of hydrogen-bond acceptors (Lipinski definition) is 2. The Balaban J connectivity index is 2.46. The van der Waals surface area contributed by atoms with Crippen LogP contribution in [-0.4, -0.2) is 10.8 Å². The van der Waals surface area contributed by atoms with E-state index < -0.39 is 0 Å². The van der Waals surface area contributed by atoms with E-state index in [2.05, 4.69) is 27.6 Å². The minimum absolute atomic E-state index is 0.0556. The highest BCUT2D eigenvalue weighted by Crippen LogP contribution is 2.23. The average molecular weight is 344 g/mol. The predicted octanol–water partition coefficient (Wildman–Crippen LogP) is 3.57. The van der Waals surface area contributed by atoms with Crippen LogP contribution < -0.4 is 0 Å². The summed E-state index contributed by atoms with van der Waals surface area (Å²) in [5, 5.41) is 0.593. The van der Waals surface area contributed by atoms with E-state index in [4.69, 9.17) is 11.6 Å². The second kappa shape index (κ2) is 4.93. The Bertz CT molecular complexity index is 528. The van der Waals surface area contributed by atoms with Gasteiger partial charge in [-0.15, -0.1) is 0 Å². The van der Waals surface area contributed by atoms with Gasteiger partial charge in [-0.3, -0.25) is 9.78 Å². The van der Waals surface area contributed by atoms with Gasteiger partial charge in [0.1, 0.15) is 0 Å². The molecule has 0 unspecified atom stereocenters. The molecule has 0 bridgehead atoms. The van der Waals surface area contributed by atoms with Gasteiger partial charge in [-0.1, -0.05) is 17.7 Å². The van der Waals surface area contributed by atoms with Gasteiger partial charge in [-0.05, 0) is 46.9 Å². The van der Waals surface area contributed by atoms with Crippen molar-refractivity contribution in [2.75, 3.05) is 0 Å². The van der Waals surface area contributed by atoms with Crippen LogP contribution in [0.3, 0.4) is 0 Å². The molecule has 80 valence electrons. The topological polar surface area (TPSA) is 30.0 Å². The molecule has 0 amide bonds. The Hall–Kier alpha value is -0.940. The Kier molecular flexibility index (Phi) is 3.56. The van der Waals surface area contributed by atoms with Crippen LogP contribution in [0.2, 0.25) is 5.02 Å². The zero-order valence-corrected chi connectivity index (χ0v) is 11.1. The molecule has 2 nitrogen and oxygen atoms in total. The lowest BCUT2D eigenvalue weighted by Gasteiger charge is -2.04. The van der Waals surface area contributed by atoms with Crippen LogP contribution in [-0.2, 0) is 0 Å². The van der Waals surface area contributed by atoms with E-state index in [1.165, 1.54) is 0 Å². The Labute approximate surface area is 112 Å². The molecule has 0 saturated heterocycles. The lowest BCUT2D eigenvalue weighted by Crippen LogP contribution is -2.04. The highest BCUT2D eigenvalue weighted by atomic mass is 127. The first-order chi connectivity index (χ1) is 7.70. The number of pyridine rings is 1. The monoisotopic (exact) mass is 343 g/mol. The molecular formula is C12H7ClINO. The molecule has 2 rings (SSSR count). The fourth-order valence-electron chi connectivity index (χ4n) is 1.33. The lowest BCUT2D eigenvalue weighted by atomic mass is 10.1. The van der Waals surface area contributed by atoms with E-state index in [1.54, 1.807) is 42.7 Å². The van der Waals surface area contributed by atoms with Crippen molar-refractivity contribution in [2.24, 2.45) is 0 Å². The van der Waals surface area contributed by atoms with Crippen LogP contribution in [0.15, 0.2) is 42.7 Å². The van der Waals surface area contributed by atoms with Crippen LogP contribution in [0.4, 0.5) is 0 Å². The molecular weight excluding hydrogens is 336 g/mol. The molecule has 1 aromatic heterocycles. The number of halogens is 2. The van der Waals surface area contributed by atoms with E-state index in [0.717, 1.165) is 3.57 Å². The van der Waals surface area contributed by atoms with E-state index in [1.807, 2.05) is 0 Å². The summed E-state index contributed by atoms with van der Waals surface area (Å²) in [7, 11) is 0. The maximum absolute atomic E-state index is 12.1. The third-order valence-corrected chi connectivity index (χ3v) is 3.92. The van der Waals surface area contributed by atoms with Crippen molar-refractivity contribution in [3.63, 3.8) is 0 Å². The van der Waals surface area contributed by atoms with Gasteiger partial charge in [0.05, 0.1) is 5.02 Å². The average Bonchev–Trinajstić information content (AvgIpc) is 2.33. The van der Waals surface area contributed by atoms with E-state index in [-0.39, 0.29) is 5.78 Å². The molecule has 0 saturated carbocycles. The Morgan fingerprint density at radius 3 is 2.75 bits per heavy atom. The van der Waals surface area contributed by atoms with Gasteiger partial charge in [0.25, 0.3) is 0 Å². The van der Waals surface area contributed by atoms with Crippen molar-refractivity contribution in [1.82, 2.24) is 4.98 Å². The normalized spacial score (nSPS) is 10.1. The summed E-state index contributed by atoms with van der Waals surface area (Å²) < 4.78 is 0.774. The van der Waals surface area contributed by atoms with Crippen molar-refractivity contribution in [3.8, 4) is 0 Å². The van der Waals surface area contributed by atoms with Crippen LogP contribution in [0.1, 0.15) is 15.9 Å². The van der Waals surface area contributed by atoms with Crippen molar-refractivity contribution >= 4 is 40.0 Å². The van der Waals surface area contributed by atoms with Crippen molar-refractivity contribution in [1.29, 1.82) is 0 Å². The summed E-state index contributed by atoms with van der Waals surface area (Å²) in [5.74, 6) is -0.0556. The fraction of sp³-hybridized carbons (Fsp3) is 0. The van der Waals surface area contributed by atoms with Gasteiger partial charge < -0.3 is 0 Å². The largest absolute Gasteiger partial charge is 0.289 e. The standard InChI is InChI=1S/C12H7ClINO/c13-10-5-1-4-9(11(10)14)12(16)8-3-2-6-15-7-8/h1-7H. The molecule has 0 spiro atoms. The first-order valence-electron chi connectivity index (χ1n) is 4.59. The van der Waals surface area contributed by atoms with Gasteiger partial charge in [-0.25, -0.2) is 0 Å². The van der Waals surface area contributed by atoms with E-state index in [0.29, 0.717) is 16.1 Å². The van der Waals surface area contributed by atoms with Gasteiger partial charge in [-0.2, -0.15) is 0 Å². The minimum atomic E-state index is -0.0556. The number of rotatable bonds is 2. The fourth-order valence-corrected chi connectivity index (χ4v) is 2.11. The molecule has 0 N–H and O–H groups in total. The smallest absolute Gasteiger partial charge is 0.195 e. The molecule has 16 heavy (non-hydrogen) atoms. The zero-order valence-electron chi connectivity index (χ0n) is 8.15. The van der Waals surface area contributed by atoms with Crippen molar-refractivity contribution in [3.05, 3.63) is 62.4 Å². The van der Waals surface area contributed by atoms with Crippen LogP contribution in [0, 0.1) is 3.57 Å². The van der Waals surface area contributed by atoms with Gasteiger partial charge in [0, 0.05) is 27.1 Å². The number of carbonyl (C=O) groups is 1. The van der Waals surface area contributed by atoms with Crippen molar-refractivity contribution < 1.29 is 4.79 Å². The first-order valence-corrected chi connectivity index (χ1v) is 6.04. The summed E-state index contributed by atoms with van der Waals surface area (Å²) >= 11 is 8.04. The number of aromatic nitrogens is 1. The number of nitrogens with zero attached hydrogens (tertiary/aromatic N) is 1. The second-order valence-electron chi connectivity index (χ2n) is 3.17. The third-order valence-electron chi connectivity index (χ3n) is 2.12. The third kappa shape index (κ3) is 2.25. The number of ketones is 1. The highest BCUT2D eigenvalue weighted by Gasteiger charge is 2.13. The molecule has 0 fully saturated rings. The van der Waals surface area contributed by atoms with Crippen LogP contribution >= 0.6 is 34.2 Å². The molecule has 1 aromatic carbocycles. The van der Waals surface area contributed by atoms with Crippen LogP contribution in [0.5, 0.6) is 0 Å². The molecule has 0 aliphatic carbocycles. The molecule has 2 aromatic rings. The maximum Gasteiger partial charge on any atom is 0.195 e. The molecule has 0 atom stereocenters. The summed E-state index contributed by atoms with van der Waals surface area (Å²) in [6.45, 7) is 0. The number of hydrogen-bond donors (Lipinski definition) is 0. The van der Waals surface area contributed by atoms with E-state index in [9.17, 15) is 4.79 Å². The summed E-state index contributed by atoms with van der Waals surface area (Å²) in [5.41, 5.74) is 1.18. The summed E-state index contributed by atoms with van der Waals surface area (Å²) in [4.78, 5) is 16.0. The lowest BCUT2D eigenvalue weighted by molar-refractivity contribution is 0.103. The predicted molar refractivity (Wildman–Crippen MR) is 71.8 cm³/mol. The molecule has 4 heteroatoms. The second-order valence-corrected chi connectivity index (χ2v) is 4.66. The van der Waals surface area contributed by atoms with Gasteiger partial charge >= 0.3 is 0 Å². The first kappa shape index (κ1) is 11.5. The Morgan fingerprint density at radius 1 is 1.25 bits per heavy atom. The maximum atomic E-state index is 12.1. The zero-order chi connectivity index (χ0) is 11.5. The SMILES string of the molecule is O=C(c1cccnc1)c1cccc(Cl)c1I. The molecule has 0 aliphatic rings. The summed E-state index contributed by atoms with van der Waals surface area (Å²) in [6.07, 6.45) is 3.19. The van der Waals surface area contributed by atoms with E-state index >= 15 is 0 Å². The van der Waals surface area contributed by atoms with Crippen molar-refractivity contribution in [2.45, 2.75) is 0 Å². The molecule has 0 radical (unpaired) electrons. The number of benzene rings is 1. The van der Waals surface area contributed by atoms with Gasteiger partial charge in [0.2, 0.25) is 0 Å². The van der Waals surface area contributed by atoms with Gasteiger partial charge in [0.15, 0.2) is 5.78 Å².